The Morgan fingerprint density at radius 2 is 1.71 bits per heavy atom. The average Bonchev–Trinajstić information content (AvgIpc) is 2.76. The van der Waals surface area contributed by atoms with Gasteiger partial charge in [-0.3, -0.25) is 4.79 Å². The number of benzene rings is 2. The van der Waals surface area contributed by atoms with Crippen LogP contribution in [0.1, 0.15) is 24.0 Å². The fourth-order valence-electron chi connectivity index (χ4n) is 2.58. The molecular weight excluding hydrogens is 418 g/mol. The quantitative estimate of drug-likeness (QED) is 0.343. The first kappa shape index (κ1) is 24.1. The third-order valence-corrected chi connectivity index (χ3v) is 5.42. The van der Waals surface area contributed by atoms with Crippen molar-refractivity contribution in [2.24, 2.45) is 0 Å². The van der Waals surface area contributed by atoms with Gasteiger partial charge < -0.3 is 15.4 Å². The second kappa shape index (κ2) is 12.5. The molecule has 2 aromatic rings. The molecule has 2 amide bonds. The Morgan fingerprint density at radius 1 is 1.00 bits per heavy atom. The number of rotatable bonds is 12. The minimum absolute atomic E-state index is 0.152. The second-order valence-electron chi connectivity index (χ2n) is 6.73. The number of alkyl carbamates (subject to hydrolysis) is 1. The van der Waals surface area contributed by atoms with E-state index < -0.39 is 16.1 Å². The van der Waals surface area contributed by atoms with Crippen LogP contribution < -0.4 is 15.4 Å². The zero-order chi connectivity index (χ0) is 22.5. The number of hydrogen-bond acceptors (Lipinski definition) is 5. The Kier molecular flexibility index (Phi) is 9.73. The van der Waals surface area contributed by atoms with Crippen LogP contribution in [0.25, 0.3) is 0 Å². The molecule has 2 aromatic carbocycles. The molecule has 0 aliphatic rings. The molecule has 0 aromatic heterocycles. The molecular formula is C22H27N3O5S. The fraction of sp³-hybridized carbons (Fsp3) is 0.273. The van der Waals surface area contributed by atoms with Gasteiger partial charge in [0.2, 0.25) is 15.9 Å². The molecule has 0 bridgehead atoms. The molecule has 0 spiro atoms. The third kappa shape index (κ3) is 9.92. The van der Waals surface area contributed by atoms with Crippen molar-refractivity contribution in [2.75, 3.05) is 18.4 Å². The highest BCUT2D eigenvalue weighted by molar-refractivity contribution is 7.88. The van der Waals surface area contributed by atoms with E-state index in [4.69, 9.17) is 4.74 Å². The highest BCUT2D eigenvalue weighted by Crippen LogP contribution is 2.12. The van der Waals surface area contributed by atoms with Gasteiger partial charge in [-0.25, -0.2) is 17.9 Å². The summed E-state index contributed by atoms with van der Waals surface area (Å²) in [6.45, 7) is 4.15. The van der Waals surface area contributed by atoms with Crippen molar-refractivity contribution in [3.05, 3.63) is 78.4 Å². The monoisotopic (exact) mass is 445 g/mol. The maximum absolute atomic E-state index is 12.0. The molecule has 8 nitrogen and oxygen atoms in total. The zero-order valence-corrected chi connectivity index (χ0v) is 18.0. The summed E-state index contributed by atoms with van der Waals surface area (Å²) in [4.78, 5) is 23.7. The van der Waals surface area contributed by atoms with Crippen molar-refractivity contribution < 1.29 is 22.7 Å². The molecule has 0 saturated carbocycles. The number of anilines is 1. The van der Waals surface area contributed by atoms with E-state index >= 15 is 0 Å². The summed E-state index contributed by atoms with van der Waals surface area (Å²) in [6, 6.07) is 15.9. The Morgan fingerprint density at radius 3 is 2.39 bits per heavy atom. The lowest BCUT2D eigenvalue weighted by Crippen LogP contribution is -2.26. The maximum Gasteiger partial charge on any atom is 0.407 e. The van der Waals surface area contributed by atoms with Gasteiger partial charge in [-0.2, -0.15) is 0 Å². The number of hydrogen-bond donors (Lipinski definition) is 3. The molecule has 0 saturated heterocycles. The topological polar surface area (TPSA) is 114 Å². The van der Waals surface area contributed by atoms with Crippen molar-refractivity contribution in [1.29, 1.82) is 0 Å². The van der Waals surface area contributed by atoms with Crippen LogP contribution in [0, 0.1) is 0 Å². The van der Waals surface area contributed by atoms with Gasteiger partial charge in [0.25, 0.3) is 0 Å². The predicted molar refractivity (Wildman–Crippen MR) is 120 cm³/mol. The summed E-state index contributed by atoms with van der Waals surface area (Å²) in [5, 5.41) is 5.35. The molecule has 0 atom stereocenters. The molecule has 0 radical (unpaired) electrons. The molecule has 166 valence electrons. The van der Waals surface area contributed by atoms with Crippen molar-refractivity contribution in [3.63, 3.8) is 0 Å². The third-order valence-electron chi connectivity index (χ3n) is 4.10. The van der Waals surface area contributed by atoms with E-state index in [0.29, 0.717) is 24.2 Å². The molecule has 2 rings (SSSR count). The minimum Gasteiger partial charge on any atom is -0.445 e. The zero-order valence-electron chi connectivity index (χ0n) is 17.2. The maximum atomic E-state index is 12.0. The van der Waals surface area contributed by atoms with Crippen molar-refractivity contribution in [3.8, 4) is 0 Å². The van der Waals surface area contributed by atoms with Gasteiger partial charge >= 0.3 is 6.09 Å². The number of sulfonamides is 1. The van der Waals surface area contributed by atoms with E-state index in [9.17, 15) is 18.0 Å². The lowest BCUT2D eigenvalue weighted by Gasteiger charge is -2.09. The summed E-state index contributed by atoms with van der Waals surface area (Å²) in [7, 11) is -3.43. The Labute approximate surface area is 182 Å². The molecule has 0 fully saturated rings. The van der Waals surface area contributed by atoms with Gasteiger partial charge in [-0.05, 0) is 29.7 Å². The van der Waals surface area contributed by atoms with Crippen molar-refractivity contribution in [2.45, 2.75) is 25.2 Å². The fourth-order valence-corrected chi connectivity index (χ4v) is 3.68. The van der Waals surface area contributed by atoms with Crippen LogP contribution in [0.4, 0.5) is 10.5 Å². The van der Waals surface area contributed by atoms with Crippen LogP contribution in [0.15, 0.2) is 67.3 Å². The van der Waals surface area contributed by atoms with Crippen LogP contribution in [-0.2, 0) is 31.9 Å². The van der Waals surface area contributed by atoms with Gasteiger partial charge in [0, 0.05) is 25.2 Å². The number of ether oxygens (including phenoxy) is 1. The lowest BCUT2D eigenvalue weighted by atomic mass is 10.2. The summed E-state index contributed by atoms with van der Waals surface area (Å²) >= 11 is 0. The highest BCUT2D eigenvalue weighted by Gasteiger charge is 2.10. The Bertz CT molecular complexity index is 960. The SMILES string of the molecule is C=CCNS(=O)(=O)Cc1ccc(NC(=O)CCCNC(=O)OCc2ccccc2)cc1. The average molecular weight is 446 g/mol. The normalized spacial score (nSPS) is 10.8. The molecule has 0 unspecified atom stereocenters. The van der Waals surface area contributed by atoms with Gasteiger partial charge in [0.05, 0.1) is 5.75 Å². The Balaban J connectivity index is 1.64. The molecule has 3 N–H and O–H groups in total. The van der Waals surface area contributed by atoms with Crippen LogP contribution in [-0.4, -0.2) is 33.5 Å². The first-order valence-electron chi connectivity index (χ1n) is 9.79. The van der Waals surface area contributed by atoms with E-state index in [1.165, 1.54) is 6.08 Å². The summed E-state index contributed by atoms with van der Waals surface area (Å²) in [6.07, 6.45) is 1.62. The van der Waals surface area contributed by atoms with Gasteiger partial charge in [-0.1, -0.05) is 48.5 Å². The molecule has 9 heteroatoms. The summed E-state index contributed by atoms with van der Waals surface area (Å²) in [5.41, 5.74) is 2.07. The highest BCUT2D eigenvalue weighted by atomic mass is 32.2. The van der Waals surface area contributed by atoms with Gasteiger partial charge in [0.15, 0.2) is 0 Å². The number of amides is 2. The molecule has 0 heterocycles. The summed E-state index contributed by atoms with van der Waals surface area (Å²) in [5.74, 6) is -0.353. The van der Waals surface area contributed by atoms with Crippen molar-refractivity contribution in [1.82, 2.24) is 10.0 Å². The molecule has 0 aliphatic heterocycles. The van der Waals surface area contributed by atoms with Crippen LogP contribution in [0.2, 0.25) is 0 Å². The van der Waals surface area contributed by atoms with Crippen molar-refractivity contribution >= 4 is 27.7 Å². The van der Waals surface area contributed by atoms with Gasteiger partial charge in [0.1, 0.15) is 6.61 Å². The van der Waals surface area contributed by atoms with Crippen LogP contribution in [0.3, 0.4) is 0 Å². The van der Waals surface area contributed by atoms with E-state index in [1.54, 1.807) is 24.3 Å². The smallest absolute Gasteiger partial charge is 0.407 e. The minimum atomic E-state index is -3.43. The van der Waals surface area contributed by atoms with E-state index in [2.05, 4.69) is 21.9 Å². The second-order valence-corrected chi connectivity index (χ2v) is 8.54. The van der Waals surface area contributed by atoms with Crippen LogP contribution in [0.5, 0.6) is 0 Å². The predicted octanol–water partition coefficient (Wildman–Crippen LogP) is 2.94. The number of carbonyl (C=O) groups excluding carboxylic acids is 2. The van der Waals surface area contributed by atoms with E-state index in [-0.39, 0.29) is 31.2 Å². The standard InChI is InChI=1S/C22H27N3O5S/c1-2-14-24-31(28,29)17-19-10-12-20(13-11-19)25-21(26)9-6-15-23-22(27)30-16-18-7-4-3-5-8-18/h2-5,7-8,10-13,24H,1,6,9,14-17H2,(H,23,27)(H,25,26). The largest absolute Gasteiger partial charge is 0.445 e. The lowest BCUT2D eigenvalue weighted by molar-refractivity contribution is -0.116. The molecule has 31 heavy (non-hydrogen) atoms. The van der Waals surface area contributed by atoms with Crippen LogP contribution >= 0.6 is 0 Å². The van der Waals surface area contributed by atoms with Gasteiger partial charge in [-0.15, -0.1) is 6.58 Å². The number of nitrogens with one attached hydrogen (secondary N) is 3. The first-order valence-corrected chi connectivity index (χ1v) is 11.4. The number of carbonyl (C=O) groups is 2. The first-order chi connectivity index (χ1) is 14.9. The van der Waals surface area contributed by atoms with E-state index in [1.807, 2.05) is 30.3 Å². The van der Waals surface area contributed by atoms with E-state index in [0.717, 1.165) is 5.56 Å². The Hall–Kier alpha value is -3.17. The molecule has 0 aliphatic carbocycles. The summed E-state index contributed by atoms with van der Waals surface area (Å²) < 4.78 is 31.2.